The molecule has 0 spiro atoms. The Morgan fingerprint density at radius 1 is 0.950 bits per heavy atom. The first kappa shape index (κ1) is 14.7. The van der Waals surface area contributed by atoms with Gasteiger partial charge in [-0.2, -0.15) is 0 Å². The number of hydrogen-bond acceptors (Lipinski definition) is 2. The van der Waals surface area contributed by atoms with Gasteiger partial charge in [-0.1, -0.05) is 26.2 Å². The molecule has 2 heteroatoms. The normalized spacial score (nSPS) is 10.9. The van der Waals surface area contributed by atoms with Crippen LogP contribution in [0.25, 0.3) is 10.8 Å². The van der Waals surface area contributed by atoms with E-state index in [1.54, 1.807) is 6.07 Å². The molecule has 2 nitrogen and oxygen atoms in total. The molecule has 0 saturated heterocycles. The van der Waals surface area contributed by atoms with Crippen LogP contribution < -0.4 is 4.74 Å². The lowest BCUT2D eigenvalue weighted by Crippen LogP contribution is -1.98. The highest BCUT2D eigenvalue weighted by molar-refractivity contribution is 5.94. The van der Waals surface area contributed by atoms with Crippen LogP contribution in [0.2, 0.25) is 0 Å². The van der Waals surface area contributed by atoms with Gasteiger partial charge in [0.2, 0.25) is 0 Å². The fraction of sp³-hybridized carbons (Fsp3) is 0.444. The van der Waals surface area contributed by atoms with E-state index in [4.69, 9.17) is 4.74 Å². The lowest BCUT2D eigenvalue weighted by Gasteiger charge is -2.12. The van der Waals surface area contributed by atoms with Crippen molar-refractivity contribution in [3.63, 3.8) is 0 Å². The van der Waals surface area contributed by atoms with Gasteiger partial charge in [-0.3, -0.25) is 0 Å². The average molecular weight is 272 g/mol. The van der Waals surface area contributed by atoms with Crippen LogP contribution in [-0.2, 0) is 0 Å². The minimum atomic E-state index is 0.321. The van der Waals surface area contributed by atoms with Gasteiger partial charge >= 0.3 is 0 Å². The number of aromatic hydroxyl groups is 1. The van der Waals surface area contributed by atoms with Crippen molar-refractivity contribution >= 4 is 10.8 Å². The van der Waals surface area contributed by atoms with Gasteiger partial charge in [0.1, 0.15) is 11.5 Å². The van der Waals surface area contributed by atoms with Crippen molar-refractivity contribution in [2.45, 2.75) is 46.5 Å². The van der Waals surface area contributed by atoms with E-state index in [2.05, 4.69) is 26.8 Å². The zero-order valence-corrected chi connectivity index (χ0v) is 12.7. The van der Waals surface area contributed by atoms with Gasteiger partial charge in [0, 0.05) is 10.8 Å². The molecule has 2 aromatic rings. The minimum Gasteiger partial charge on any atom is -0.507 e. The summed E-state index contributed by atoms with van der Waals surface area (Å²) in [5.41, 5.74) is 2.41. The van der Waals surface area contributed by atoms with Crippen molar-refractivity contribution < 1.29 is 9.84 Å². The zero-order chi connectivity index (χ0) is 14.5. The number of unbranched alkanes of at least 4 members (excludes halogenated alkanes) is 3. The Morgan fingerprint density at radius 3 is 2.35 bits per heavy atom. The Hall–Kier alpha value is -1.70. The average Bonchev–Trinajstić information content (AvgIpc) is 2.43. The standard InChI is InChI=1S/C18H24O2/c1-4-5-6-7-10-20-18-9-8-17(19)15-11-13(2)14(3)12-16(15)18/h8-9,11-12,19H,4-7,10H2,1-3H3. The molecule has 0 amide bonds. The zero-order valence-electron chi connectivity index (χ0n) is 12.7. The Kier molecular flexibility index (Phi) is 4.89. The molecule has 0 aliphatic rings. The lowest BCUT2D eigenvalue weighted by atomic mass is 10.0. The number of benzene rings is 2. The first-order valence-electron chi connectivity index (χ1n) is 7.49. The van der Waals surface area contributed by atoms with E-state index in [1.807, 2.05) is 12.1 Å². The highest BCUT2D eigenvalue weighted by atomic mass is 16.5. The van der Waals surface area contributed by atoms with Gasteiger partial charge in [0.25, 0.3) is 0 Å². The number of rotatable bonds is 6. The van der Waals surface area contributed by atoms with E-state index in [1.165, 1.54) is 30.4 Å². The molecular weight excluding hydrogens is 248 g/mol. The van der Waals surface area contributed by atoms with Gasteiger partial charge in [-0.25, -0.2) is 0 Å². The van der Waals surface area contributed by atoms with Crippen LogP contribution in [0.1, 0.15) is 43.7 Å². The summed E-state index contributed by atoms with van der Waals surface area (Å²) in [5, 5.41) is 11.9. The Bertz CT molecular complexity index is 587. The maximum atomic E-state index is 10.00. The van der Waals surface area contributed by atoms with E-state index in [9.17, 15) is 5.11 Å². The van der Waals surface area contributed by atoms with Crippen LogP contribution in [0.15, 0.2) is 24.3 Å². The second kappa shape index (κ2) is 6.65. The molecule has 0 fully saturated rings. The Balaban J connectivity index is 2.21. The SMILES string of the molecule is CCCCCCOc1ccc(O)c2cc(C)c(C)cc12. The summed E-state index contributed by atoms with van der Waals surface area (Å²) >= 11 is 0. The van der Waals surface area contributed by atoms with Crippen LogP contribution >= 0.6 is 0 Å². The smallest absolute Gasteiger partial charge is 0.127 e. The van der Waals surface area contributed by atoms with Crippen LogP contribution in [0, 0.1) is 13.8 Å². The van der Waals surface area contributed by atoms with Crippen LogP contribution in [0.4, 0.5) is 0 Å². The summed E-state index contributed by atoms with van der Waals surface area (Å²) in [6.45, 7) is 7.10. The minimum absolute atomic E-state index is 0.321. The van der Waals surface area contributed by atoms with Crippen LogP contribution in [0.5, 0.6) is 11.5 Å². The quantitative estimate of drug-likeness (QED) is 0.739. The summed E-state index contributed by atoms with van der Waals surface area (Å²) in [5.74, 6) is 1.19. The van der Waals surface area contributed by atoms with Crippen molar-refractivity contribution in [3.8, 4) is 11.5 Å². The third-order valence-corrected chi connectivity index (χ3v) is 3.82. The third kappa shape index (κ3) is 3.24. The number of fused-ring (bicyclic) bond motifs is 1. The first-order chi connectivity index (χ1) is 9.63. The molecule has 0 heterocycles. The number of phenols is 1. The molecule has 2 rings (SSSR count). The van der Waals surface area contributed by atoms with Gasteiger partial charge < -0.3 is 9.84 Å². The predicted octanol–water partition coefficient (Wildman–Crippen LogP) is 5.12. The molecule has 1 N–H and O–H groups in total. The maximum Gasteiger partial charge on any atom is 0.127 e. The van der Waals surface area contributed by atoms with Crippen molar-refractivity contribution in [3.05, 3.63) is 35.4 Å². The molecule has 0 bridgehead atoms. The second-order valence-electron chi connectivity index (χ2n) is 5.47. The highest BCUT2D eigenvalue weighted by Crippen LogP contribution is 2.34. The molecule has 0 aromatic heterocycles. The van der Waals surface area contributed by atoms with E-state index < -0.39 is 0 Å². The first-order valence-corrected chi connectivity index (χ1v) is 7.49. The second-order valence-corrected chi connectivity index (χ2v) is 5.47. The molecular formula is C18H24O2. The lowest BCUT2D eigenvalue weighted by molar-refractivity contribution is 0.308. The van der Waals surface area contributed by atoms with Crippen molar-refractivity contribution in [2.24, 2.45) is 0 Å². The maximum absolute atomic E-state index is 10.00. The van der Waals surface area contributed by atoms with Crippen LogP contribution in [0.3, 0.4) is 0 Å². The molecule has 0 atom stereocenters. The Morgan fingerprint density at radius 2 is 1.65 bits per heavy atom. The fourth-order valence-corrected chi connectivity index (χ4v) is 2.40. The molecule has 108 valence electrons. The molecule has 0 radical (unpaired) electrons. The molecule has 0 aliphatic carbocycles. The number of phenolic OH excluding ortho intramolecular Hbond substituents is 1. The molecule has 2 aromatic carbocycles. The van der Waals surface area contributed by atoms with Gasteiger partial charge in [0.05, 0.1) is 6.61 Å². The summed E-state index contributed by atoms with van der Waals surface area (Å²) in [7, 11) is 0. The van der Waals surface area contributed by atoms with E-state index >= 15 is 0 Å². The predicted molar refractivity (Wildman–Crippen MR) is 84.7 cm³/mol. The number of hydrogen-bond donors (Lipinski definition) is 1. The van der Waals surface area contributed by atoms with E-state index in [-0.39, 0.29) is 0 Å². The monoisotopic (exact) mass is 272 g/mol. The summed E-state index contributed by atoms with van der Waals surface area (Å²) in [4.78, 5) is 0. The molecule has 0 saturated carbocycles. The summed E-state index contributed by atoms with van der Waals surface area (Å²) in [6.07, 6.45) is 4.80. The fourth-order valence-electron chi connectivity index (χ4n) is 2.40. The van der Waals surface area contributed by atoms with Gasteiger partial charge in [0.15, 0.2) is 0 Å². The van der Waals surface area contributed by atoms with Crippen molar-refractivity contribution in [1.82, 2.24) is 0 Å². The van der Waals surface area contributed by atoms with E-state index in [0.717, 1.165) is 29.5 Å². The third-order valence-electron chi connectivity index (χ3n) is 3.82. The number of ether oxygens (including phenoxy) is 1. The summed E-state index contributed by atoms with van der Waals surface area (Å²) < 4.78 is 5.90. The van der Waals surface area contributed by atoms with Crippen molar-refractivity contribution in [1.29, 1.82) is 0 Å². The largest absolute Gasteiger partial charge is 0.507 e. The topological polar surface area (TPSA) is 29.5 Å². The molecule has 0 unspecified atom stereocenters. The summed E-state index contributed by atoms with van der Waals surface area (Å²) in [6, 6.07) is 7.72. The highest BCUT2D eigenvalue weighted by Gasteiger charge is 2.08. The van der Waals surface area contributed by atoms with Gasteiger partial charge in [-0.15, -0.1) is 0 Å². The molecule has 20 heavy (non-hydrogen) atoms. The Labute approximate surface area is 121 Å². The van der Waals surface area contributed by atoms with Crippen molar-refractivity contribution in [2.75, 3.05) is 6.61 Å². The van der Waals surface area contributed by atoms with Gasteiger partial charge in [-0.05, 0) is 55.7 Å². The molecule has 0 aliphatic heterocycles. The van der Waals surface area contributed by atoms with Crippen LogP contribution in [-0.4, -0.2) is 11.7 Å². The number of aryl methyl sites for hydroxylation is 2. The van der Waals surface area contributed by atoms with E-state index in [0.29, 0.717) is 5.75 Å².